The number of ketones is 1. The molecule has 34 heavy (non-hydrogen) atoms. The number of benzene rings is 2. The maximum Gasteiger partial charge on any atom is 0.222 e. The normalized spacial score (nSPS) is 14.5. The molecule has 0 radical (unpaired) electrons. The van der Waals surface area contributed by atoms with E-state index < -0.39 is 0 Å². The molecule has 184 valence electrons. The fourth-order valence-electron chi connectivity index (χ4n) is 4.50. The van der Waals surface area contributed by atoms with E-state index in [0.717, 1.165) is 43.2 Å². The zero-order chi connectivity index (χ0) is 24.3. The molecule has 1 saturated heterocycles. The largest absolute Gasteiger partial charge is 0.389 e. The molecule has 1 amide bonds. The Labute approximate surface area is 200 Å². The van der Waals surface area contributed by atoms with Crippen molar-refractivity contribution in [3.05, 3.63) is 71.3 Å². The van der Waals surface area contributed by atoms with Gasteiger partial charge in [-0.3, -0.25) is 14.5 Å². The summed E-state index contributed by atoms with van der Waals surface area (Å²) in [7, 11) is 0. The van der Waals surface area contributed by atoms with E-state index in [2.05, 4.69) is 4.90 Å². The van der Waals surface area contributed by atoms with E-state index in [-0.39, 0.29) is 36.0 Å². The molecule has 0 unspecified atom stereocenters. The summed E-state index contributed by atoms with van der Waals surface area (Å²) < 4.78 is 27.0. The minimum atomic E-state index is -0.379. The maximum absolute atomic E-state index is 13.5. The second-order valence-electron chi connectivity index (χ2n) is 8.89. The topological polar surface area (TPSA) is 60.9 Å². The molecule has 7 heteroatoms. The number of aliphatic hydroxyl groups is 1. The number of amides is 1. The molecule has 0 spiro atoms. The highest BCUT2D eigenvalue weighted by molar-refractivity contribution is 5.79. The Hall–Kier alpha value is -2.64. The Morgan fingerprint density at radius 3 is 1.71 bits per heavy atom. The molecule has 1 fully saturated rings. The second-order valence-corrected chi connectivity index (χ2v) is 8.89. The number of nitrogens with zero attached hydrogens (tertiary/aromatic N) is 2. The predicted octanol–water partition coefficient (Wildman–Crippen LogP) is 4.49. The lowest BCUT2D eigenvalue weighted by atomic mass is 9.96. The third-order valence-corrected chi connectivity index (χ3v) is 6.43. The van der Waals surface area contributed by atoms with Gasteiger partial charge in [0.2, 0.25) is 5.91 Å². The van der Waals surface area contributed by atoms with E-state index in [1.54, 1.807) is 24.3 Å². The number of rotatable bonds is 12. The third-order valence-electron chi connectivity index (χ3n) is 6.43. The highest BCUT2D eigenvalue weighted by Crippen LogP contribution is 2.30. The zero-order valence-electron chi connectivity index (χ0n) is 19.6. The Morgan fingerprint density at radius 2 is 1.21 bits per heavy atom. The standard InChI is InChI=1S/C27H34F2N2O3/c28-23-12-8-21(9-13-23)27(22-10-14-24(29)15-11-22)31-18-16-30(17-19-31)26(34)7-5-3-1-2-4-6-25(33)20-32/h8-15,27,32H,1-7,16-20H2. The molecule has 1 aliphatic heterocycles. The first-order valence-electron chi connectivity index (χ1n) is 12.1. The molecule has 0 aromatic heterocycles. The van der Waals surface area contributed by atoms with Crippen LogP contribution < -0.4 is 0 Å². The molecule has 0 bridgehead atoms. The monoisotopic (exact) mass is 472 g/mol. The molecule has 0 saturated carbocycles. The molecule has 1 aliphatic rings. The molecule has 0 aliphatic carbocycles. The summed E-state index contributed by atoms with van der Waals surface area (Å²) >= 11 is 0. The van der Waals surface area contributed by atoms with Crippen molar-refractivity contribution in [1.29, 1.82) is 0 Å². The van der Waals surface area contributed by atoms with Gasteiger partial charge in [0.25, 0.3) is 0 Å². The number of halogens is 2. The van der Waals surface area contributed by atoms with E-state index in [4.69, 9.17) is 5.11 Å². The van der Waals surface area contributed by atoms with Crippen LogP contribution >= 0.6 is 0 Å². The smallest absolute Gasteiger partial charge is 0.222 e. The lowest BCUT2D eigenvalue weighted by Crippen LogP contribution is -2.49. The van der Waals surface area contributed by atoms with Crippen LogP contribution in [0.2, 0.25) is 0 Å². The quantitative estimate of drug-likeness (QED) is 0.463. The molecular formula is C27H34F2N2O3. The van der Waals surface area contributed by atoms with Gasteiger partial charge in [0, 0.05) is 39.0 Å². The Kier molecular flexibility index (Phi) is 10.2. The number of piperazine rings is 1. The van der Waals surface area contributed by atoms with Crippen LogP contribution in [-0.2, 0) is 9.59 Å². The van der Waals surface area contributed by atoms with Gasteiger partial charge in [0.15, 0.2) is 5.78 Å². The predicted molar refractivity (Wildman–Crippen MR) is 127 cm³/mol. The molecule has 2 aromatic carbocycles. The third kappa shape index (κ3) is 7.71. The number of unbranched alkanes of at least 4 members (excludes halogenated alkanes) is 4. The maximum atomic E-state index is 13.5. The summed E-state index contributed by atoms with van der Waals surface area (Å²) in [5.41, 5.74) is 1.88. The van der Waals surface area contributed by atoms with Gasteiger partial charge < -0.3 is 10.0 Å². The number of carbonyl (C=O) groups is 2. The number of carbonyl (C=O) groups excluding carboxylic acids is 2. The molecule has 5 nitrogen and oxygen atoms in total. The van der Waals surface area contributed by atoms with Crippen molar-refractivity contribution in [3.8, 4) is 0 Å². The van der Waals surface area contributed by atoms with Crippen molar-refractivity contribution >= 4 is 11.7 Å². The minimum absolute atomic E-state index is 0.115. The van der Waals surface area contributed by atoms with Crippen molar-refractivity contribution < 1.29 is 23.5 Å². The second kappa shape index (κ2) is 13.3. The van der Waals surface area contributed by atoms with E-state index in [1.165, 1.54) is 24.3 Å². The van der Waals surface area contributed by atoms with E-state index >= 15 is 0 Å². The summed E-state index contributed by atoms with van der Waals surface area (Å²) in [6, 6.07) is 12.7. The summed E-state index contributed by atoms with van der Waals surface area (Å²) in [4.78, 5) is 27.9. The van der Waals surface area contributed by atoms with Crippen LogP contribution in [0.5, 0.6) is 0 Å². The molecule has 1 heterocycles. The van der Waals surface area contributed by atoms with Crippen LogP contribution in [0, 0.1) is 11.6 Å². The Balaban J connectivity index is 1.48. The number of Topliss-reactive ketones (excluding diaryl/α,β-unsaturated/α-hetero) is 1. The van der Waals surface area contributed by atoms with Crippen molar-refractivity contribution in [2.75, 3.05) is 32.8 Å². The van der Waals surface area contributed by atoms with Gasteiger partial charge >= 0.3 is 0 Å². The first kappa shape index (κ1) is 26.0. The molecule has 2 aromatic rings. The van der Waals surface area contributed by atoms with Gasteiger partial charge in [-0.15, -0.1) is 0 Å². The van der Waals surface area contributed by atoms with Crippen molar-refractivity contribution in [2.24, 2.45) is 0 Å². The summed E-state index contributed by atoms with van der Waals surface area (Å²) in [6.07, 6.45) is 5.45. The van der Waals surface area contributed by atoms with Crippen molar-refractivity contribution in [1.82, 2.24) is 9.80 Å². The van der Waals surface area contributed by atoms with Crippen molar-refractivity contribution in [2.45, 2.75) is 51.0 Å². The van der Waals surface area contributed by atoms with Crippen LogP contribution in [-0.4, -0.2) is 59.4 Å². The van der Waals surface area contributed by atoms with Crippen LogP contribution in [0.15, 0.2) is 48.5 Å². The first-order valence-corrected chi connectivity index (χ1v) is 12.1. The van der Waals surface area contributed by atoms with Crippen LogP contribution in [0.1, 0.15) is 62.1 Å². The summed E-state index contributed by atoms with van der Waals surface area (Å²) in [5, 5.41) is 8.72. The minimum Gasteiger partial charge on any atom is -0.389 e. The van der Waals surface area contributed by atoms with Crippen LogP contribution in [0.4, 0.5) is 8.78 Å². The first-order chi connectivity index (χ1) is 16.5. The Bertz CT molecular complexity index is 865. The van der Waals surface area contributed by atoms with Crippen molar-refractivity contribution in [3.63, 3.8) is 0 Å². The van der Waals surface area contributed by atoms with Gasteiger partial charge in [-0.1, -0.05) is 43.5 Å². The lowest BCUT2D eigenvalue weighted by Gasteiger charge is -2.40. The average molecular weight is 473 g/mol. The van der Waals surface area contributed by atoms with Gasteiger partial charge in [-0.2, -0.15) is 0 Å². The number of aliphatic hydroxyl groups excluding tert-OH is 1. The fourth-order valence-corrected chi connectivity index (χ4v) is 4.50. The molecular weight excluding hydrogens is 438 g/mol. The van der Waals surface area contributed by atoms with Gasteiger partial charge in [-0.05, 0) is 48.2 Å². The summed E-state index contributed by atoms with van der Waals surface area (Å²) in [5.74, 6) is -0.544. The lowest BCUT2D eigenvalue weighted by molar-refractivity contribution is -0.133. The van der Waals surface area contributed by atoms with Crippen LogP contribution in [0.25, 0.3) is 0 Å². The fraction of sp³-hybridized carbons (Fsp3) is 0.481. The zero-order valence-corrected chi connectivity index (χ0v) is 19.6. The Morgan fingerprint density at radius 1 is 0.735 bits per heavy atom. The SMILES string of the molecule is O=C(CO)CCCCCCCC(=O)N1CCN(C(c2ccc(F)cc2)c2ccc(F)cc2)CC1. The molecule has 1 N–H and O–H groups in total. The van der Waals surface area contributed by atoms with Gasteiger partial charge in [-0.25, -0.2) is 8.78 Å². The number of hydrogen-bond acceptors (Lipinski definition) is 4. The summed E-state index contributed by atoms with van der Waals surface area (Å²) in [6.45, 7) is 2.24. The van der Waals surface area contributed by atoms with Gasteiger partial charge in [0.05, 0.1) is 6.04 Å². The highest BCUT2D eigenvalue weighted by Gasteiger charge is 2.28. The van der Waals surface area contributed by atoms with E-state index in [1.807, 2.05) is 4.90 Å². The van der Waals surface area contributed by atoms with E-state index in [9.17, 15) is 18.4 Å². The highest BCUT2D eigenvalue weighted by atomic mass is 19.1. The van der Waals surface area contributed by atoms with Crippen LogP contribution in [0.3, 0.4) is 0 Å². The van der Waals surface area contributed by atoms with E-state index in [0.29, 0.717) is 39.0 Å². The average Bonchev–Trinajstić information content (AvgIpc) is 2.86. The van der Waals surface area contributed by atoms with Gasteiger partial charge in [0.1, 0.15) is 18.2 Å². The number of hydrogen-bond donors (Lipinski definition) is 1. The molecule has 0 atom stereocenters. The molecule has 3 rings (SSSR count).